The van der Waals surface area contributed by atoms with E-state index in [0.717, 1.165) is 0 Å². The average molecular weight is 571 g/mol. The van der Waals surface area contributed by atoms with Gasteiger partial charge in [-0.3, -0.25) is 4.79 Å². The number of aliphatic hydroxyl groups is 1. The zero-order valence-corrected chi connectivity index (χ0v) is 24.0. The number of rotatable bonds is 8. The number of phenolic OH excluding ortho intramolecular Hbond substituents is 1. The van der Waals surface area contributed by atoms with Crippen LogP contribution >= 0.6 is 0 Å². The highest BCUT2D eigenvalue weighted by Gasteiger charge is 2.47. The predicted octanol–water partition coefficient (Wildman–Crippen LogP) is 5.67. The molecule has 2 N–H and O–H groups in total. The summed E-state index contributed by atoms with van der Waals surface area (Å²) in [5.41, 5.74) is 1.45. The van der Waals surface area contributed by atoms with Gasteiger partial charge in [-0.1, -0.05) is 72.8 Å². The third-order valence-electron chi connectivity index (χ3n) is 7.44. The van der Waals surface area contributed by atoms with Crippen molar-refractivity contribution in [1.82, 2.24) is 0 Å². The Labute approximate surface area is 244 Å². The molecule has 0 bridgehead atoms. The van der Waals surface area contributed by atoms with E-state index in [9.17, 15) is 19.8 Å². The van der Waals surface area contributed by atoms with Crippen LogP contribution in [0.2, 0.25) is 0 Å². The molecule has 42 heavy (non-hydrogen) atoms. The molecule has 8 heteroatoms. The Morgan fingerprint density at radius 3 is 2.33 bits per heavy atom. The molecule has 2 heterocycles. The third-order valence-corrected chi connectivity index (χ3v) is 7.44. The monoisotopic (exact) mass is 570 g/mol. The maximum Gasteiger partial charge on any atom is 0.340 e. The number of methoxy groups -OCH3 is 1. The molecule has 4 atom stereocenters. The van der Waals surface area contributed by atoms with E-state index in [1.807, 2.05) is 26.0 Å². The normalized spacial score (nSPS) is 19.9. The quantitative estimate of drug-likeness (QED) is 0.263. The number of Topliss-reactive ketones (excluding diaryl/α,β-unsaturated/α-hetero) is 1. The first-order valence-electron chi connectivity index (χ1n) is 13.7. The predicted molar refractivity (Wildman–Crippen MR) is 157 cm³/mol. The van der Waals surface area contributed by atoms with Gasteiger partial charge in [-0.25, -0.2) is 4.79 Å². The summed E-state index contributed by atoms with van der Waals surface area (Å²) in [6, 6.07) is 17.7. The van der Waals surface area contributed by atoms with Gasteiger partial charge in [-0.2, -0.15) is 0 Å². The van der Waals surface area contributed by atoms with Gasteiger partial charge in [0.05, 0.1) is 11.7 Å². The van der Waals surface area contributed by atoms with Crippen LogP contribution in [0.25, 0.3) is 6.08 Å². The molecule has 0 amide bonds. The van der Waals surface area contributed by atoms with Crippen LogP contribution in [0.3, 0.4) is 0 Å². The molecule has 0 saturated heterocycles. The summed E-state index contributed by atoms with van der Waals surface area (Å²) in [6.07, 6.45) is -1.10. The Balaban J connectivity index is 1.66. The minimum absolute atomic E-state index is 0.0171. The highest BCUT2D eigenvalue weighted by molar-refractivity contribution is 6.08. The SMILES string of the molecule is C=C(C)[C@@H](O)Cc1c2c(c(O)c3c1O[C@H](c1ccccc1)[C@@H](OC(=O)[C@H](OC)c1ccccc1)C3=O)C=CC(C)(C)O2. The van der Waals surface area contributed by atoms with Crippen LogP contribution < -0.4 is 9.47 Å². The summed E-state index contributed by atoms with van der Waals surface area (Å²) in [5, 5.41) is 22.3. The van der Waals surface area contributed by atoms with Gasteiger partial charge in [0, 0.05) is 19.1 Å². The van der Waals surface area contributed by atoms with E-state index in [-0.39, 0.29) is 29.0 Å². The fraction of sp³-hybridized carbons (Fsp3) is 0.294. The van der Waals surface area contributed by atoms with E-state index in [2.05, 4.69) is 6.58 Å². The number of ether oxygens (including phenoxy) is 4. The van der Waals surface area contributed by atoms with Crippen LogP contribution in [0.1, 0.15) is 65.6 Å². The van der Waals surface area contributed by atoms with E-state index in [4.69, 9.17) is 18.9 Å². The molecule has 0 fully saturated rings. The van der Waals surface area contributed by atoms with Gasteiger partial charge in [-0.05, 0) is 44.1 Å². The van der Waals surface area contributed by atoms with E-state index < -0.39 is 41.8 Å². The van der Waals surface area contributed by atoms with Crippen molar-refractivity contribution in [2.75, 3.05) is 7.11 Å². The lowest BCUT2D eigenvalue weighted by molar-refractivity contribution is -0.163. The van der Waals surface area contributed by atoms with Gasteiger partial charge in [0.15, 0.2) is 12.2 Å². The number of benzene rings is 3. The maximum atomic E-state index is 14.3. The van der Waals surface area contributed by atoms with E-state index in [1.54, 1.807) is 67.6 Å². The molecule has 0 aliphatic carbocycles. The molecule has 5 rings (SSSR count). The molecular formula is C34H34O8. The second-order valence-corrected chi connectivity index (χ2v) is 11.1. The molecular weight excluding hydrogens is 536 g/mol. The molecule has 218 valence electrons. The van der Waals surface area contributed by atoms with E-state index in [0.29, 0.717) is 28.0 Å². The van der Waals surface area contributed by atoms with Crippen LogP contribution in [-0.4, -0.2) is 46.9 Å². The Morgan fingerprint density at radius 1 is 1.07 bits per heavy atom. The van der Waals surface area contributed by atoms with Crippen molar-refractivity contribution in [3.63, 3.8) is 0 Å². The molecule has 0 radical (unpaired) electrons. The molecule has 2 aliphatic rings. The first-order chi connectivity index (χ1) is 20.0. The van der Waals surface area contributed by atoms with E-state index in [1.165, 1.54) is 7.11 Å². The maximum absolute atomic E-state index is 14.3. The lowest BCUT2D eigenvalue weighted by atomic mass is 9.86. The number of aliphatic hydroxyl groups excluding tert-OH is 1. The average Bonchev–Trinajstić information content (AvgIpc) is 2.97. The van der Waals surface area contributed by atoms with Crippen LogP contribution in [-0.2, 0) is 20.7 Å². The van der Waals surface area contributed by atoms with Gasteiger partial charge in [-0.15, -0.1) is 0 Å². The summed E-state index contributed by atoms with van der Waals surface area (Å²) in [5.74, 6) is -1.42. The summed E-state index contributed by atoms with van der Waals surface area (Å²) in [6.45, 7) is 9.27. The minimum Gasteiger partial charge on any atom is -0.506 e. The fourth-order valence-electron chi connectivity index (χ4n) is 5.18. The Morgan fingerprint density at radius 2 is 1.71 bits per heavy atom. The molecule has 3 aromatic rings. The second kappa shape index (κ2) is 11.5. The summed E-state index contributed by atoms with van der Waals surface area (Å²) in [7, 11) is 1.38. The summed E-state index contributed by atoms with van der Waals surface area (Å²) < 4.78 is 24.1. The minimum atomic E-state index is -1.44. The molecule has 2 aliphatic heterocycles. The van der Waals surface area contributed by atoms with Crippen LogP contribution in [0.15, 0.2) is 78.9 Å². The summed E-state index contributed by atoms with van der Waals surface area (Å²) >= 11 is 0. The first kappa shape index (κ1) is 29.1. The van der Waals surface area contributed by atoms with Crippen LogP contribution in [0.4, 0.5) is 0 Å². The van der Waals surface area contributed by atoms with Crippen molar-refractivity contribution >= 4 is 17.8 Å². The molecule has 0 unspecified atom stereocenters. The number of hydrogen-bond acceptors (Lipinski definition) is 8. The van der Waals surface area contributed by atoms with Crippen molar-refractivity contribution in [2.24, 2.45) is 0 Å². The number of ketones is 1. The van der Waals surface area contributed by atoms with Gasteiger partial charge < -0.3 is 29.2 Å². The molecule has 0 saturated carbocycles. The number of carbonyl (C=O) groups excluding carboxylic acids is 2. The number of phenols is 1. The van der Waals surface area contributed by atoms with Gasteiger partial charge in [0.2, 0.25) is 11.9 Å². The standard InChI is InChI=1S/C34H34O8/c1-19(2)24(35)18-23-30-22(16-17-34(3,4)42-30)26(36)25-27(37)32(28(40-31(23)25)20-12-8-6-9-13-20)41-33(38)29(39-5)21-14-10-7-11-15-21/h6-17,24,28-29,32,35-36H,1,18H2,2-5H3/t24-,28+,29+,32-/m0/s1. The van der Waals surface area contributed by atoms with E-state index >= 15 is 0 Å². The summed E-state index contributed by atoms with van der Waals surface area (Å²) in [4.78, 5) is 27.7. The Hall–Kier alpha value is -4.40. The number of fused-ring (bicyclic) bond motifs is 2. The molecule has 8 nitrogen and oxygen atoms in total. The van der Waals surface area contributed by atoms with Gasteiger partial charge >= 0.3 is 5.97 Å². The number of aromatic hydroxyl groups is 1. The topological polar surface area (TPSA) is 112 Å². The van der Waals surface area contributed by atoms with Crippen molar-refractivity contribution < 1.29 is 38.7 Å². The zero-order valence-electron chi connectivity index (χ0n) is 24.0. The third kappa shape index (κ3) is 5.43. The number of esters is 1. The second-order valence-electron chi connectivity index (χ2n) is 11.1. The van der Waals surface area contributed by atoms with Crippen molar-refractivity contribution in [2.45, 2.75) is 57.2 Å². The van der Waals surface area contributed by atoms with Crippen LogP contribution in [0, 0.1) is 0 Å². The van der Waals surface area contributed by atoms with Crippen molar-refractivity contribution in [3.8, 4) is 17.2 Å². The zero-order chi connectivity index (χ0) is 30.2. The highest BCUT2D eigenvalue weighted by atomic mass is 16.6. The number of carbonyl (C=O) groups is 2. The lowest BCUT2D eigenvalue weighted by Gasteiger charge is -2.37. The smallest absolute Gasteiger partial charge is 0.340 e. The first-order valence-corrected chi connectivity index (χ1v) is 13.7. The van der Waals surface area contributed by atoms with Gasteiger partial charge in [0.1, 0.15) is 28.4 Å². The van der Waals surface area contributed by atoms with Crippen molar-refractivity contribution in [1.29, 1.82) is 0 Å². The van der Waals surface area contributed by atoms with Crippen molar-refractivity contribution in [3.05, 3.63) is 107 Å². The van der Waals surface area contributed by atoms with Gasteiger partial charge in [0.25, 0.3) is 0 Å². The largest absolute Gasteiger partial charge is 0.506 e. The lowest BCUT2D eigenvalue weighted by Crippen LogP contribution is -2.42. The molecule has 0 spiro atoms. The fourth-order valence-corrected chi connectivity index (χ4v) is 5.18. The highest BCUT2D eigenvalue weighted by Crippen LogP contribution is 2.52. The Bertz CT molecular complexity index is 1540. The molecule has 3 aromatic carbocycles. The Kier molecular flexibility index (Phi) is 7.95. The number of hydrogen-bond donors (Lipinski definition) is 2. The molecule has 0 aromatic heterocycles. The van der Waals surface area contributed by atoms with Crippen LogP contribution in [0.5, 0.6) is 17.2 Å².